The van der Waals surface area contributed by atoms with Gasteiger partial charge in [-0.05, 0) is 61.0 Å². The predicted octanol–water partition coefficient (Wildman–Crippen LogP) is 5.69. The highest BCUT2D eigenvalue weighted by atomic mass is 16.5. The van der Waals surface area contributed by atoms with Gasteiger partial charge in [0.2, 0.25) is 5.88 Å². The average Bonchev–Trinajstić information content (AvgIpc) is 2.83. The first kappa shape index (κ1) is 20.8. The molecule has 0 fully saturated rings. The van der Waals surface area contributed by atoms with E-state index in [4.69, 9.17) is 4.74 Å². The molecule has 0 radical (unpaired) electrons. The summed E-state index contributed by atoms with van der Waals surface area (Å²) in [6.45, 7) is 1.83. The summed E-state index contributed by atoms with van der Waals surface area (Å²) in [7, 11) is 0. The summed E-state index contributed by atoms with van der Waals surface area (Å²) in [5.41, 5.74) is 2.78. The Hall–Kier alpha value is -4.45. The molecule has 2 N–H and O–H groups in total. The lowest BCUT2D eigenvalue weighted by molar-refractivity contribution is 0.101. The third-order valence-corrected chi connectivity index (χ3v) is 4.84. The molecule has 0 saturated carbocycles. The Morgan fingerprint density at radius 3 is 2.03 bits per heavy atom. The summed E-state index contributed by atoms with van der Waals surface area (Å²) in [5.74, 6) is 0.214. The molecule has 0 spiro atoms. The Bertz CT molecular complexity index is 1240. The molecule has 1 heterocycles. The lowest BCUT2D eigenvalue weighted by Gasteiger charge is -2.14. The van der Waals surface area contributed by atoms with Crippen LogP contribution in [-0.4, -0.2) is 16.8 Å². The van der Waals surface area contributed by atoms with Crippen LogP contribution in [0.4, 0.5) is 11.4 Å². The first-order valence-electron chi connectivity index (χ1n) is 10.1. The van der Waals surface area contributed by atoms with Gasteiger partial charge in [0.15, 0.2) is 0 Å². The maximum atomic E-state index is 13.0. The van der Waals surface area contributed by atoms with Gasteiger partial charge >= 0.3 is 0 Å². The molecule has 1 aromatic heterocycles. The minimum absolute atomic E-state index is 0.211. The van der Waals surface area contributed by atoms with Gasteiger partial charge < -0.3 is 15.4 Å². The fourth-order valence-electron chi connectivity index (χ4n) is 3.13. The smallest absolute Gasteiger partial charge is 0.261 e. The van der Waals surface area contributed by atoms with Crippen molar-refractivity contribution < 1.29 is 14.3 Å². The highest BCUT2D eigenvalue weighted by Gasteiger charge is 2.17. The summed E-state index contributed by atoms with van der Waals surface area (Å²) in [6.07, 6.45) is 1.57. The van der Waals surface area contributed by atoms with Gasteiger partial charge in [0, 0.05) is 23.1 Å². The molecule has 6 nitrogen and oxygen atoms in total. The largest absolute Gasteiger partial charge is 0.438 e. The number of carbonyl (C=O) groups excluding carboxylic acids is 2. The SMILES string of the molecule is Cc1c(NC(=O)c2ccccc2)cccc1NC(=O)c1cccnc1Oc1ccccc1. The fraction of sp³-hybridized carbons (Fsp3) is 0.0385. The van der Waals surface area contributed by atoms with Crippen LogP contribution in [0.15, 0.2) is 97.2 Å². The van der Waals surface area contributed by atoms with Crippen molar-refractivity contribution in [2.75, 3.05) is 10.6 Å². The molecule has 0 bridgehead atoms. The molecule has 0 saturated heterocycles. The van der Waals surface area contributed by atoms with Gasteiger partial charge in [-0.2, -0.15) is 0 Å². The van der Waals surface area contributed by atoms with E-state index in [2.05, 4.69) is 15.6 Å². The van der Waals surface area contributed by atoms with Crippen LogP contribution in [0.5, 0.6) is 11.6 Å². The first-order valence-corrected chi connectivity index (χ1v) is 10.1. The molecule has 32 heavy (non-hydrogen) atoms. The van der Waals surface area contributed by atoms with Crippen LogP contribution >= 0.6 is 0 Å². The van der Waals surface area contributed by atoms with E-state index < -0.39 is 0 Å². The number of para-hydroxylation sites is 1. The van der Waals surface area contributed by atoms with Crippen molar-refractivity contribution in [3.8, 4) is 11.6 Å². The van der Waals surface area contributed by atoms with Gasteiger partial charge in [-0.1, -0.05) is 42.5 Å². The number of nitrogens with zero attached hydrogens (tertiary/aromatic N) is 1. The van der Waals surface area contributed by atoms with Crippen molar-refractivity contribution in [1.29, 1.82) is 0 Å². The van der Waals surface area contributed by atoms with Crippen LogP contribution in [0.25, 0.3) is 0 Å². The van der Waals surface area contributed by atoms with Gasteiger partial charge in [-0.15, -0.1) is 0 Å². The average molecular weight is 423 g/mol. The number of benzene rings is 3. The third kappa shape index (κ3) is 4.82. The van der Waals surface area contributed by atoms with E-state index in [1.54, 1.807) is 72.9 Å². The molecule has 2 amide bonds. The van der Waals surface area contributed by atoms with E-state index >= 15 is 0 Å². The van der Waals surface area contributed by atoms with E-state index in [1.165, 1.54) is 0 Å². The highest BCUT2D eigenvalue weighted by molar-refractivity contribution is 6.08. The van der Waals surface area contributed by atoms with Crippen molar-refractivity contribution in [1.82, 2.24) is 4.98 Å². The molecule has 0 atom stereocenters. The van der Waals surface area contributed by atoms with E-state index in [9.17, 15) is 9.59 Å². The summed E-state index contributed by atoms with van der Waals surface area (Å²) in [6, 6.07) is 26.8. The molecule has 158 valence electrons. The van der Waals surface area contributed by atoms with Crippen LogP contribution in [0.3, 0.4) is 0 Å². The van der Waals surface area contributed by atoms with E-state index in [0.29, 0.717) is 28.3 Å². The summed E-state index contributed by atoms with van der Waals surface area (Å²) in [4.78, 5) is 29.7. The zero-order valence-corrected chi connectivity index (χ0v) is 17.4. The highest BCUT2D eigenvalue weighted by Crippen LogP contribution is 2.27. The zero-order chi connectivity index (χ0) is 22.3. The minimum atomic E-state index is -0.362. The molecule has 3 aromatic carbocycles. The normalized spacial score (nSPS) is 10.3. The molecule has 0 aliphatic rings. The second kappa shape index (κ2) is 9.57. The van der Waals surface area contributed by atoms with Crippen LogP contribution in [-0.2, 0) is 0 Å². The number of pyridine rings is 1. The number of hydrogen-bond donors (Lipinski definition) is 2. The van der Waals surface area contributed by atoms with E-state index in [-0.39, 0.29) is 17.7 Å². The predicted molar refractivity (Wildman–Crippen MR) is 124 cm³/mol. The number of hydrogen-bond acceptors (Lipinski definition) is 4. The molecule has 0 aliphatic heterocycles. The van der Waals surface area contributed by atoms with Crippen molar-refractivity contribution in [2.45, 2.75) is 6.92 Å². The molecular formula is C26H21N3O3. The van der Waals surface area contributed by atoms with Crippen LogP contribution in [0, 0.1) is 6.92 Å². The standard InChI is InChI=1S/C26H21N3O3/c1-18-22(28-24(30)19-10-4-2-5-11-19)15-8-16-23(18)29-25(31)21-14-9-17-27-26(21)32-20-12-6-3-7-13-20/h2-17H,1H3,(H,28,30)(H,29,31). The van der Waals surface area contributed by atoms with Gasteiger partial charge in [0.25, 0.3) is 11.8 Å². The number of rotatable bonds is 6. The number of nitrogens with one attached hydrogen (secondary N) is 2. The Kier molecular flexibility index (Phi) is 6.22. The zero-order valence-electron chi connectivity index (χ0n) is 17.4. The Balaban J connectivity index is 1.53. The summed E-state index contributed by atoms with van der Waals surface area (Å²) >= 11 is 0. The van der Waals surface area contributed by atoms with E-state index in [1.807, 2.05) is 31.2 Å². The van der Waals surface area contributed by atoms with Crippen molar-refractivity contribution >= 4 is 23.2 Å². The third-order valence-electron chi connectivity index (χ3n) is 4.84. The molecular weight excluding hydrogens is 402 g/mol. The Morgan fingerprint density at radius 1 is 0.719 bits per heavy atom. The molecule has 6 heteroatoms. The van der Waals surface area contributed by atoms with Crippen molar-refractivity contribution in [3.63, 3.8) is 0 Å². The molecule has 0 unspecified atom stereocenters. The summed E-state index contributed by atoms with van der Waals surface area (Å²) < 4.78 is 5.79. The second-order valence-electron chi connectivity index (χ2n) is 7.02. The quantitative estimate of drug-likeness (QED) is 0.418. The van der Waals surface area contributed by atoms with Crippen LogP contribution in [0.1, 0.15) is 26.3 Å². The van der Waals surface area contributed by atoms with Crippen molar-refractivity contribution in [2.24, 2.45) is 0 Å². The molecule has 0 aliphatic carbocycles. The fourth-order valence-corrected chi connectivity index (χ4v) is 3.13. The van der Waals surface area contributed by atoms with Gasteiger partial charge in [0.05, 0.1) is 0 Å². The topological polar surface area (TPSA) is 80.3 Å². The van der Waals surface area contributed by atoms with Crippen molar-refractivity contribution in [3.05, 3.63) is 114 Å². The lowest BCUT2D eigenvalue weighted by atomic mass is 10.1. The monoisotopic (exact) mass is 423 g/mol. The molecule has 4 rings (SSSR count). The Labute approximate surface area is 185 Å². The number of amides is 2. The van der Waals surface area contributed by atoms with Gasteiger partial charge in [0.1, 0.15) is 11.3 Å². The minimum Gasteiger partial charge on any atom is -0.438 e. The molecule has 4 aromatic rings. The first-order chi connectivity index (χ1) is 15.6. The number of aromatic nitrogens is 1. The number of carbonyl (C=O) groups is 2. The second-order valence-corrected chi connectivity index (χ2v) is 7.02. The van der Waals surface area contributed by atoms with E-state index in [0.717, 1.165) is 5.56 Å². The maximum absolute atomic E-state index is 13.0. The maximum Gasteiger partial charge on any atom is 0.261 e. The lowest BCUT2D eigenvalue weighted by Crippen LogP contribution is -2.16. The van der Waals surface area contributed by atoms with Crippen LogP contribution in [0.2, 0.25) is 0 Å². The van der Waals surface area contributed by atoms with Crippen LogP contribution < -0.4 is 15.4 Å². The summed E-state index contributed by atoms with van der Waals surface area (Å²) in [5, 5.41) is 5.79. The number of anilines is 2. The number of ether oxygens (including phenoxy) is 1. The van der Waals surface area contributed by atoms with Gasteiger partial charge in [-0.3, -0.25) is 9.59 Å². The van der Waals surface area contributed by atoms with Gasteiger partial charge in [-0.25, -0.2) is 4.98 Å². The Morgan fingerprint density at radius 2 is 1.34 bits per heavy atom.